The number of carbonyl (C=O) groups is 2. The van der Waals surface area contributed by atoms with Crippen LogP contribution in [-0.2, 0) is 14.6 Å². The van der Waals surface area contributed by atoms with Crippen molar-refractivity contribution in [1.82, 2.24) is 5.32 Å². The molecule has 0 saturated carbocycles. The van der Waals surface area contributed by atoms with Gasteiger partial charge in [0.25, 0.3) is 5.91 Å². The first kappa shape index (κ1) is 25.1. The van der Waals surface area contributed by atoms with Crippen LogP contribution >= 0.6 is 0 Å². The van der Waals surface area contributed by atoms with Crippen molar-refractivity contribution < 1.29 is 27.6 Å². The van der Waals surface area contributed by atoms with Crippen LogP contribution in [0.2, 0.25) is 0 Å². The van der Waals surface area contributed by atoms with Crippen LogP contribution in [0.3, 0.4) is 0 Å². The zero-order chi connectivity index (χ0) is 25.7. The van der Waals surface area contributed by atoms with Crippen LogP contribution in [0.15, 0.2) is 82.6 Å². The third-order valence-corrected chi connectivity index (χ3v) is 7.47. The van der Waals surface area contributed by atoms with Crippen molar-refractivity contribution in [3.8, 4) is 0 Å². The summed E-state index contributed by atoms with van der Waals surface area (Å²) in [5.74, 6) is -1.53. The molecule has 3 heterocycles. The number of halogens is 1. The fourth-order valence-electron chi connectivity index (χ4n) is 3.75. The van der Waals surface area contributed by atoms with Crippen LogP contribution in [-0.4, -0.2) is 58.1 Å². The van der Waals surface area contributed by atoms with Crippen LogP contribution < -0.4 is 20.7 Å². The van der Waals surface area contributed by atoms with Gasteiger partial charge in [0.1, 0.15) is 6.54 Å². The average Bonchev–Trinajstić information content (AvgIpc) is 2.90. The van der Waals surface area contributed by atoms with E-state index in [1.807, 2.05) is 12.1 Å². The maximum atomic E-state index is 13.6. The lowest BCUT2D eigenvalue weighted by molar-refractivity contribution is -0.135. The molecule has 3 aromatic rings. The average molecular weight is 513 g/mol. The second kappa shape index (κ2) is 10.8. The molecule has 6 rings (SSSR count). The molecule has 3 aliphatic heterocycles. The van der Waals surface area contributed by atoms with Crippen LogP contribution in [0.25, 0.3) is 0 Å². The summed E-state index contributed by atoms with van der Waals surface area (Å²) in [7, 11) is -2.93. The minimum absolute atomic E-state index is 0.107. The Balaban J connectivity index is 0.000000280. The highest BCUT2D eigenvalue weighted by atomic mass is 32.2. The molecule has 0 atom stereocenters. The molecule has 0 spiro atoms. The van der Waals surface area contributed by atoms with Gasteiger partial charge in [-0.25, -0.2) is 13.5 Å². The summed E-state index contributed by atoms with van der Waals surface area (Å²) in [5.41, 5.74) is 2.21. The molecule has 188 valence electrons. The summed E-state index contributed by atoms with van der Waals surface area (Å²) in [5, 5.41) is 14.8. The number of carboxylic acids is 1. The van der Waals surface area contributed by atoms with Gasteiger partial charge in [-0.1, -0.05) is 10.5 Å². The number of anilines is 3. The first-order valence-electron chi connectivity index (χ1n) is 11.2. The molecule has 36 heavy (non-hydrogen) atoms. The second-order valence-corrected chi connectivity index (χ2v) is 10.1. The largest absolute Gasteiger partial charge is 0.480 e. The molecular weight excluding hydrogens is 487 g/mol. The predicted molar refractivity (Wildman–Crippen MR) is 134 cm³/mol. The third-order valence-electron chi connectivity index (χ3n) is 5.72. The fraction of sp³-hybridized carbons (Fsp3) is 0.200. The monoisotopic (exact) mass is 512 g/mol. The Bertz CT molecular complexity index is 1310. The van der Waals surface area contributed by atoms with Gasteiger partial charge in [0.15, 0.2) is 0 Å². The van der Waals surface area contributed by atoms with Gasteiger partial charge in [0.2, 0.25) is 9.84 Å². The summed E-state index contributed by atoms with van der Waals surface area (Å²) >= 11 is 0. The van der Waals surface area contributed by atoms with Crippen molar-refractivity contribution in [2.24, 2.45) is 0 Å². The van der Waals surface area contributed by atoms with Crippen molar-refractivity contribution in [3.63, 3.8) is 0 Å². The number of carbonyl (C=O) groups excluding carboxylic acids is 1. The van der Waals surface area contributed by atoms with Crippen molar-refractivity contribution in [3.05, 3.63) is 78.4 Å². The van der Waals surface area contributed by atoms with Gasteiger partial charge < -0.3 is 20.6 Å². The summed E-state index contributed by atoms with van der Waals surface area (Å²) < 4.78 is 35.3. The Morgan fingerprint density at radius 1 is 0.972 bits per heavy atom. The van der Waals surface area contributed by atoms with Crippen molar-refractivity contribution in [2.75, 3.05) is 48.1 Å². The minimum Gasteiger partial charge on any atom is -0.480 e. The molecule has 0 unspecified atom stereocenters. The van der Waals surface area contributed by atoms with Gasteiger partial charge in [0, 0.05) is 43.1 Å². The van der Waals surface area contributed by atoms with E-state index in [1.165, 1.54) is 24.3 Å². The highest BCUT2D eigenvalue weighted by Crippen LogP contribution is 2.30. The number of nitrogens with zero attached hydrogens (tertiary/aromatic N) is 2. The molecule has 1 fully saturated rings. The SMILES string of the molecule is O=C(O)CN(F)c1ccc(NC(=O)c2ccc(N3CCNCC3)cc2)cc1.O=S1(=O)c2cccc1c2. The number of aliphatic carboxylic acids is 1. The number of nitrogens with one attached hydrogen (secondary N) is 2. The van der Waals surface area contributed by atoms with Crippen LogP contribution in [0, 0.1) is 0 Å². The Morgan fingerprint density at radius 2 is 1.58 bits per heavy atom. The zero-order valence-corrected chi connectivity index (χ0v) is 20.0. The van der Waals surface area contributed by atoms with Crippen molar-refractivity contribution in [1.29, 1.82) is 0 Å². The maximum Gasteiger partial charge on any atom is 0.326 e. The molecule has 1 saturated heterocycles. The van der Waals surface area contributed by atoms with E-state index in [-0.39, 0.29) is 16.7 Å². The molecule has 2 bridgehead atoms. The number of fused-ring (bicyclic) bond motifs is 2. The van der Waals surface area contributed by atoms with Gasteiger partial charge in [0.05, 0.1) is 15.5 Å². The number of rotatable bonds is 6. The zero-order valence-electron chi connectivity index (χ0n) is 19.2. The van der Waals surface area contributed by atoms with E-state index < -0.39 is 22.4 Å². The molecule has 3 aromatic carbocycles. The highest BCUT2D eigenvalue weighted by molar-refractivity contribution is 7.92. The van der Waals surface area contributed by atoms with E-state index in [0.717, 1.165) is 31.9 Å². The number of amides is 1. The van der Waals surface area contributed by atoms with Crippen LogP contribution in [0.5, 0.6) is 0 Å². The van der Waals surface area contributed by atoms with Crippen molar-refractivity contribution >= 4 is 38.8 Å². The predicted octanol–water partition coefficient (Wildman–Crippen LogP) is 2.96. The van der Waals surface area contributed by atoms with E-state index in [2.05, 4.69) is 15.5 Å². The number of carboxylic acid groups (broad SMARTS) is 1. The standard InChI is InChI=1S/C19H21FN4O3.C6H4O2S/c20-24(13-18(25)26)17-7-3-15(4-8-17)22-19(27)14-1-5-16(6-2-14)23-11-9-21-10-12-23;7-9(8)5-2-1-3-6(9)4-5/h1-8,21H,9-13H2,(H,22,27)(H,25,26);1-4H. The summed E-state index contributed by atoms with van der Waals surface area (Å²) in [6.07, 6.45) is 0. The topological polar surface area (TPSA) is 119 Å². The maximum absolute atomic E-state index is 13.6. The van der Waals surface area contributed by atoms with Gasteiger partial charge in [-0.2, -0.15) is 0 Å². The lowest BCUT2D eigenvalue weighted by Gasteiger charge is -2.29. The third kappa shape index (κ3) is 5.81. The summed E-state index contributed by atoms with van der Waals surface area (Å²) in [6.45, 7) is 3.02. The summed E-state index contributed by atoms with van der Waals surface area (Å²) in [4.78, 5) is 26.1. The number of piperazine rings is 1. The molecule has 3 N–H and O–H groups in total. The van der Waals surface area contributed by atoms with E-state index in [0.29, 0.717) is 21.0 Å². The Hall–Kier alpha value is -3.96. The molecule has 0 aromatic heterocycles. The Kier molecular flexibility index (Phi) is 7.51. The lowest BCUT2D eigenvalue weighted by atomic mass is 10.1. The first-order chi connectivity index (χ1) is 17.2. The Labute approximate surface area is 208 Å². The van der Waals surface area contributed by atoms with Gasteiger partial charge in [-0.3, -0.25) is 9.59 Å². The number of benzene rings is 3. The second-order valence-electron chi connectivity index (χ2n) is 8.18. The van der Waals surface area contributed by atoms with E-state index in [9.17, 15) is 22.5 Å². The molecule has 9 nitrogen and oxygen atoms in total. The quantitative estimate of drug-likeness (QED) is 0.338. The first-order valence-corrected chi connectivity index (χ1v) is 12.7. The number of hydrogen-bond acceptors (Lipinski definition) is 7. The lowest BCUT2D eigenvalue weighted by Crippen LogP contribution is -2.43. The van der Waals surface area contributed by atoms with Crippen molar-refractivity contribution in [2.45, 2.75) is 9.79 Å². The van der Waals surface area contributed by atoms with E-state index in [4.69, 9.17) is 5.11 Å². The molecule has 3 aliphatic rings. The molecule has 0 aliphatic carbocycles. The molecular formula is C25H25FN4O5S. The smallest absolute Gasteiger partial charge is 0.326 e. The van der Waals surface area contributed by atoms with Crippen LogP contribution in [0.4, 0.5) is 21.5 Å². The Morgan fingerprint density at radius 3 is 2.08 bits per heavy atom. The molecule has 11 heteroatoms. The highest BCUT2D eigenvalue weighted by Gasteiger charge is 2.26. The molecule has 0 radical (unpaired) electrons. The number of hydrogen-bond donors (Lipinski definition) is 3. The van der Waals surface area contributed by atoms with Gasteiger partial charge in [-0.05, 0) is 66.7 Å². The minimum atomic E-state index is -2.93. The molecule has 1 amide bonds. The normalized spacial score (nSPS) is 15.1. The van der Waals surface area contributed by atoms with E-state index in [1.54, 1.807) is 36.4 Å². The van der Waals surface area contributed by atoms with Gasteiger partial charge >= 0.3 is 5.97 Å². The fourth-order valence-corrected chi connectivity index (χ4v) is 4.92. The van der Waals surface area contributed by atoms with Crippen LogP contribution in [0.1, 0.15) is 10.4 Å². The number of sulfone groups is 1. The van der Waals surface area contributed by atoms with Gasteiger partial charge in [-0.15, -0.1) is 0 Å². The van der Waals surface area contributed by atoms with E-state index >= 15 is 0 Å². The summed E-state index contributed by atoms with van der Waals surface area (Å²) in [6, 6.07) is 19.9.